The van der Waals surface area contributed by atoms with Crippen molar-refractivity contribution in [3.8, 4) is 5.75 Å². The van der Waals surface area contributed by atoms with Crippen LogP contribution in [0.2, 0.25) is 0 Å². The number of carbonyl (C=O) groups excluding carboxylic acids is 1. The Morgan fingerprint density at radius 1 is 1.11 bits per heavy atom. The quantitative estimate of drug-likeness (QED) is 0.788. The second-order valence-corrected chi connectivity index (χ2v) is 7.48. The van der Waals surface area contributed by atoms with Crippen molar-refractivity contribution in [1.29, 1.82) is 0 Å². The molecule has 1 unspecified atom stereocenters. The van der Waals surface area contributed by atoms with Crippen LogP contribution in [0.3, 0.4) is 0 Å². The van der Waals surface area contributed by atoms with Gasteiger partial charge in [-0.25, -0.2) is 0 Å². The van der Waals surface area contributed by atoms with Gasteiger partial charge in [-0.1, -0.05) is 18.2 Å². The minimum Gasteiger partial charge on any atom is -0.487 e. The fourth-order valence-electron chi connectivity index (χ4n) is 4.12. The van der Waals surface area contributed by atoms with E-state index in [1.54, 1.807) is 6.20 Å². The Balaban J connectivity index is 1.34. The first-order valence-electron chi connectivity index (χ1n) is 9.91. The molecule has 0 N–H and O–H groups in total. The van der Waals surface area contributed by atoms with Crippen molar-refractivity contribution in [3.63, 3.8) is 0 Å². The lowest BCUT2D eigenvalue weighted by Gasteiger charge is -2.37. The number of rotatable bonds is 6. The number of nitrogens with zero attached hydrogens (tertiary/aromatic N) is 3. The number of pyridine rings is 1. The molecule has 142 valence electrons. The number of likely N-dealkylation sites (tertiary alicyclic amines) is 2. The van der Waals surface area contributed by atoms with E-state index in [1.165, 1.54) is 5.56 Å². The van der Waals surface area contributed by atoms with E-state index in [0.29, 0.717) is 18.6 Å². The summed E-state index contributed by atoms with van der Waals surface area (Å²) < 4.78 is 5.90. The lowest BCUT2D eigenvalue weighted by Crippen LogP contribution is -2.48. The van der Waals surface area contributed by atoms with Crippen LogP contribution in [-0.4, -0.2) is 46.4 Å². The molecule has 1 amide bonds. The third-order valence-electron chi connectivity index (χ3n) is 5.45. The maximum Gasteiger partial charge on any atom is 0.222 e. The van der Waals surface area contributed by atoms with E-state index in [4.69, 9.17) is 4.74 Å². The van der Waals surface area contributed by atoms with E-state index in [9.17, 15) is 4.79 Å². The summed E-state index contributed by atoms with van der Waals surface area (Å²) >= 11 is 0. The Morgan fingerprint density at radius 2 is 2.07 bits per heavy atom. The zero-order valence-electron chi connectivity index (χ0n) is 15.7. The predicted octanol–water partition coefficient (Wildman–Crippen LogP) is 3.25. The number of ether oxygens (including phenoxy) is 1. The molecular formula is C22H27N3O2. The van der Waals surface area contributed by atoms with Crippen LogP contribution in [0.4, 0.5) is 0 Å². The summed E-state index contributed by atoms with van der Waals surface area (Å²) in [5, 5.41) is 0. The zero-order valence-corrected chi connectivity index (χ0v) is 15.7. The zero-order chi connectivity index (χ0) is 18.5. The number of benzene rings is 1. The van der Waals surface area contributed by atoms with Gasteiger partial charge in [-0.15, -0.1) is 0 Å². The van der Waals surface area contributed by atoms with Crippen LogP contribution in [0, 0.1) is 0 Å². The standard InChI is InChI=1S/C22H27N3O2/c26-22-10-5-13-25(22)20-8-4-12-24(16-20)15-18-6-3-9-21(14-18)27-17-19-7-1-2-11-23-19/h1-3,6-7,9,11,14,20H,4-5,8,10,12-13,15-17H2. The van der Waals surface area contributed by atoms with E-state index in [0.717, 1.165) is 63.3 Å². The van der Waals surface area contributed by atoms with Crippen molar-refractivity contribution in [2.24, 2.45) is 0 Å². The second-order valence-electron chi connectivity index (χ2n) is 7.48. The number of aromatic nitrogens is 1. The highest BCUT2D eigenvalue weighted by molar-refractivity contribution is 5.78. The highest BCUT2D eigenvalue weighted by atomic mass is 16.5. The van der Waals surface area contributed by atoms with Crippen molar-refractivity contribution >= 4 is 5.91 Å². The molecule has 4 rings (SSSR count). The molecule has 0 spiro atoms. The molecule has 5 heteroatoms. The average molecular weight is 365 g/mol. The molecule has 27 heavy (non-hydrogen) atoms. The van der Waals surface area contributed by atoms with E-state index in [1.807, 2.05) is 24.3 Å². The summed E-state index contributed by atoms with van der Waals surface area (Å²) in [7, 11) is 0. The van der Waals surface area contributed by atoms with Gasteiger partial charge in [-0.2, -0.15) is 0 Å². The Morgan fingerprint density at radius 3 is 2.89 bits per heavy atom. The molecule has 2 aliphatic rings. The average Bonchev–Trinajstić information content (AvgIpc) is 3.14. The van der Waals surface area contributed by atoms with Gasteiger partial charge < -0.3 is 9.64 Å². The Labute approximate surface area is 161 Å². The highest BCUT2D eigenvalue weighted by Gasteiger charge is 2.31. The van der Waals surface area contributed by atoms with Crippen molar-refractivity contribution in [3.05, 3.63) is 59.9 Å². The minimum absolute atomic E-state index is 0.340. The van der Waals surface area contributed by atoms with E-state index in [-0.39, 0.29) is 0 Å². The third kappa shape index (κ3) is 4.66. The molecule has 2 saturated heterocycles. The number of hydrogen-bond acceptors (Lipinski definition) is 4. The summed E-state index contributed by atoms with van der Waals surface area (Å²) in [5.41, 5.74) is 2.18. The van der Waals surface area contributed by atoms with Gasteiger partial charge >= 0.3 is 0 Å². The van der Waals surface area contributed by atoms with E-state index >= 15 is 0 Å². The van der Waals surface area contributed by atoms with Crippen LogP contribution in [0.5, 0.6) is 5.75 Å². The van der Waals surface area contributed by atoms with Crippen LogP contribution >= 0.6 is 0 Å². The monoisotopic (exact) mass is 365 g/mol. The Kier molecular flexibility index (Phi) is 5.68. The summed E-state index contributed by atoms with van der Waals surface area (Å²) in [6.45, 7) is 4.39. The van der Waals surface area contributed by atoms with Crippen molar-refractivity contribution in [1.82, 2.24) is 14.8 Å². The molecule has 1 aromatic heterocycles. The largest absolute Gasteiger partial charge is 0.487 e. The smallest absolute Gasteiger partial charge is 0.222 e. The third-order valence-corrected chi connectivity index (χ3v) is 5.45. The van der Waals surface area contributed by atoms with Crippen LogP contribution in [0.15, 0.2) is 48.7 Å². The van der Waals surface area contributed by atoms with Crippen LogP contribution in [0.1, 0.15) is 36.9 Å². The van der Waals surface area contributed by atoms with Gasteiger partial charge in [0.25, 0.3) is 0 Å². The van der Waals surface area contributed by atoms with Crippen molar-refractivity contribution < 1.29 is 9.53 Å². The summed E-state index contributed by atoms with van der Waals surface area (Å²) in [4.78, 5) is 20.9. The Hall–Kier alpha value is -2.40. The fraction of sp³-hybridized carbons (Fsp3) is 0.455. The van der Waals surface area contributed by atoms with Gasteiger partial charge in [-0.3, -0.25) is 14.7 Å². The minimum atomic E-state index is 0.340. The molecule has 0 bridgehead atoms. The van der Waals surface area contributed by atoms with Gasteiger partial charge in [-0.05, 0) is 55.6 Å². The van der Waals surface area contributed by atoms with E-state index < -0.39 is 0 Å². The number of hydrogen-bond donors (Lipinski definition) is 0. The van der Waals surface area contributed by atoms with Crippen molar-refractivity contribution in [2.45, 2.75) is 44.9 Å². The van der Waals surface area contributed by atoms with Crippen LogP contribution < -0.4 is 4.74 Å². The molecule has 0 radical (unpaired) electrons. The maximum atomic E-state index is 12.1. The van der Waals surface area contributed by atoms with Gasteiger partial charge in [0.15, 0.2) is 0 Å². The Bertz CT molecular complexity index is 765. The first-order valence-corrected chi connectivity index (χ1v) is 9.91. The normalized spacial score (nSPS) is 20.8. The molecule has 0 aliphatic carbocycles. The summed E-state index contributed by atoms with van der Waals surface area (Å²) in [6, 6.07) is 14.6. The number of piperidine rings is 1. The topological polar surface area (TPSA) is 45.7 Å². The number of amides is 1. The lowest BCUT2D eigenvalue weighted by molar-refractivity contribution is -0.130. The molecule has 2 aromatic rings. The SMILES string of the molecule is O=C1CCCN1C1CCCN(Cc2cccc(OCc3ccccn3)c2)C1. The lowest BCUT2D eigenvalue weighted by atomic mass is 10.0. The second kappa shape index (κ2) is 8.53. The van der Waals surface area contributed by atoms with Gasteiger partial charge in [0.05, 0.1) is 5.69 Å². The summed E-state index contributed by atoms with van der Waals surface area (Å²) in [6.07, 6.45) is 5.82. The summed E-state index contributed by atoms with van der Waals surface area (Å²) in [5.74, 6) is 1.22. The number of carbonyl (C=O) groups is 1. The van der Waals surface area contributed by atoms with E-state index in [2.05, 4.69) is 33.0 Å². The molecule has 2 fully saturated rings. The molecule has 3 heterocycles. The first-order chi connectivity index (χ1) is 13.3. The molecule has 2 aliphatic heterocycles. The van der Waals surface area contributed by atoms with Gasteiger partial charge in [0, 0.05) is 38.3 Å². The molecule has 1 atom stereocenters. The van der Waals surface area contributed by atoms with Crippen LogP contribution in [0.25, 0.3) is 0 Å². The molecule has 5 nitrogen and oxygen atoms in total. The van der Waals surface area contributed by atoms with Gasteiger partial charge in [0.2, 0.25) is 5.91 Å². The first kappa shape index (κ1) is 18.0. The predicted molar refractivity (Wildman–Crippen MR) is 104 cm³/mol. The van der Waals surface area contributed by atoms with Crippen LogP contribution in [-0.2, 0) is 17.9 Å². The maximum absolute atomic E-state index is 12.1. The van der Waals surface area contributed by atoms with Crippen molar-refractivity contribution in [2.75, 3.05) is 19.6 Å². The molecule has 0 saturated carbocycles. The highest BCUT2D eigenvalue weighted by Crippen LogP contribution is 2.23. The van der Waals surface area contributed by atoms with Gasteiger partial charge in [0.1, 0.15) is 12.4 Å². The molecule has 1 aromatic carbocycles. The fourth-order valence-corrected chi connectivity index (χ4v) is 4.12. The molecular weight excluding hydrogens is 338 g/mol.